The summed E-state index contributed by atoms with van der Waals surface area (Å²) < 4.78 is 40.3. The summed E-state index contributed by atoms with van der Waals surface area (Å²) in [5.74, 6) is 0.0308. The van der Waals surface area contributed by atoms with Crippen LogP contribution in [0, 0.1) is 5.82 Å². The Kier molecular flexibility index (Phi) is 5.44. The maximum Gasteiger partial charge on any atom is 0.243 e. The molecule has 0 bridgehead atoms. The monoisotopic (exact) mass is 433 g/mol. The first-order chi connectivity index (χ1) is 13.9. The second kappa shape index (κ2) is 8.02. The molecule has 0 atom stereocenters. The summed E-state index contributed by atoms with van der Waals surface area (Å²) >= 11 is 5.73. The summed E-state index contributed by atoms with van der Waals surface area (Å²) in [6.07, 6.45) is 3.41. The molecule has 150 valence electrons. The van der Waals surface area contributed by atoms with Gasteiger partial charge in [-0.2, -0.15) is 4.31 Å². The van der Waals surface area contributed by atoms with Crippen molar-refractivity contribution < 1.29 is 12.8 Å². The molecule has 0 amide bonds. The minimum Gasteiger partial charge on any atom is -0.352 e. The molecule has 1 aromatic carbocycles. The summed E-state index contributed by atoms with van der Waals surface area (Å²) in [6.45, 7) is 1.50. The van der Waals surface area contributed by atoms with Crippen LogP contribution in [0.3, 0.4) is 0 Å². The smallest absolute Gasteiger partial charge is 0.243 e. The maximum absolute atomic E-state index is 13.3. The lowest BCUT2D eigenvalue weighted by Crippen LogP contribution is -2.49. The largest absolute Gasteiger partial charge is 0.352 e. The predicted octanol–water partition coefficient (Wildman–Crippen LogP) is 2.84. The topological polar surface area (TPSA) is 79.3 Å². The zero-order valence-corrected chi connectivity index (χ0v) is 16.8. The van der Waals surface area contributed by atoms with E-state index in [4.69, 9.17) is 11.6 Å². The molecule has 0 N–H and O–H groups in total. The third kappa shape index (κ3) is 4.07. The molecule has 3 heterocycles. The Labute approximate surface area is 172 Å². The Morgan fingerprint density at radius 1 is 1.00 bits per heavy atom. The van der Waals surface area contributed by atoms with Crippen molar-refractivity contribution in [2.24, 2.45) is 0 Å². The van der Waals surface area contributed by atoms with E-state index < -0.39 is 15.8 Å². The fraction of sp³-hybridized carbons (Fsp3) is 0.211. The Morgan fingerprint density at radius 2 is 1.79 bits per heavy atom. The van der Waals surface area contributed by atoms with Gasteiger partial charge in [-0.3, -0.25) is 4.98 Å². The van der Waals surface area contributed by atoms with Gasteiger partial charge in [0.2, 0.25) is 10.0 Å². The molecule has 3 aromatic rings. The molecule has 1 aliphatic heterocycles. The lowest BCUT2D eigenvalue weighted by atomic mass is 10.2. The van der Waals surface area contributed by atoms with E-state index in [1.54, 1.807) is 12.4 Å². The molecule has 0 spiro atoms. The minimum atomic E-state index is -3.74. The fourth-order valence-electron chi connectivity index (χ4n) is 3.11. The van der Waals surface area contributed by atoms with Gasteiger partial charge in [-0.25, -0.2) is 12.8 Å². The average Bonchev–Trinajstić information content (AvgIpc) is 2.76. The van der Waals surface area contributed by atoms with Gasteiger partial charge in [0.15, 0.2) is 5.82 Å². The van der Waals surface area contributed by atoms with Crippen LogP contribution in [0.1, 0.15) is 0 Å². The van der Waals surface area contributed by atoms with E-state index in [9.17, 15) is 12.8 Å². The number of nitrogens with zero attached hydrogens (tertiary/aromatic N) is 5. The summed E-state index contributed by atoms with van der Waals surface area (Å²) in [7, 11) is -3.74. The van der Waals surface area contributed by atoms with Gasteiger partial charge in [0.1, 0.15) is 5.82 Å². The van der Waals surface area contributed by atoms with Crippen LogP contribution in [-0.2, 0) is 10.0 Å². The first kappa shape index (κ1) is 19.7. The average molecular weight is 434 g/mol. The SMILES string of the molecule is O=S(=O)(c1ccc(F)c(Cl)c1)N1CCN(c2ccc(-c3cccnc3)nn2)CC1. The molecule has 0 radical (unpaired) electrons. The molecule has 7 nitrogen and oxygen atoms in total. The molecule has 0 saturated carbocycles. The van der Waals surface area contributed by atoms with E-state index >= 15 is 0 Å². The zero-order valence-electron chi connectivity index (χ0n) is 15.2. The van der Waals surface area contributed by atoms with Crippen molar-refractivity contribution in [3.63, 3.8) is 0 Å². The number of sulfonamides is 1. The molecule has 1 saturated heterocycles. The van der Waals surface area contributed by atoms with Crippen LogP contribution in [-0.4, -0.2) is 54.1 Å². The van der Waals surface area contributed by atoms with Crippen LogP contribution in [0.15, 0.2) is 59.8 Å². The van der Waals surface area contributed by atoms with Gasteiger partial charge in [0.25, 0.3) is 0 Å². The first-order valence-corrected chi connectivity index (χ1v) is 10.7. The molecule has 29 heavy (non-hydrogen) atoms. The van der Waals surface area contributed by atoms with E-state index in [0.29, 0.717) is 18.9 Å². The number of pyridine rings is 1. The highest BCUT2D eigenvalue weighted by molar-refractivity contribution is 7.89. The number of hydrogen-bond acceptors (Lipinski definition) is 6. The summed E-state index contributed by atoms with van der Waals surface area (Å²) in [5, 5.41) is 8.30. The van der Waals surface area contributed by atoms with Gasteiger partial charge >= 0.3 is 0 Å². The molecule has 4 rings (SSSR count). The van der Waals surface area contributed by atoms with E-state index in [1.165, 1.54) is 10.4 Å². The Morgan fingerprint density at radius 3 is 2.41 bits per heavy atom. The molecule has 0 aliphatic carbocycles. The van der Waals surface area contributed by atoms with Gasteiger partial charge in [0, 0.05) is 44.1 Å². The normalized spacial score (nSPS) is 15.4. The predicted molar refractivity (Wildman–Crippen MR) is 108 cm³/mol. The third-order valence-corrected chi connectivity index (χ3v) is 6.88. The lowest BCUT2D eigenvalue weighted by Gasteiger charge is -2.34. The number of rotatable bonds is 4. The van der Waals surface area contributed by atoms with Crippen LogP contribution in [0.5, 0.6) is 0 Å². The number of piperazine rings is 1. The summed E-state index contributed by atoms with van der Waals surface area (Å²) in [4.78, 5) is 6.03. The van der Waals surface area contributed by atoms with Crippen LogP contribution in [0.4, 0.5) is 10.2 Å². The highest BCUT2D eigenvalue weighted by Gasteiger charge is 2.29. The number of anilines is 1. The van der Waals surface area contributed by atoms with Crippen molar-refractivity contribution in [2.45, 2.75) is 4.90 Å². The van der Waals surface area contributed by atoms with E-state index in [-0.39, 0.29) is 23.0 Å². The van der Waals surface area contributed by atoms with Gasteiger partial charge in [0.05, 0.1) is 15.6 Å². The van der Waals surface area contributed by atoms with Crippen molar-refractivity contribution in [1.29, 1.82) is 0 Å². The summed E-state index contributed by atoms with van der Waals surface area (Å²) in [5.41, 5.74) is 1.59. The quantitative estimate of drug-likeness (QED) is 0.629. The molecule has 2 aromatic heterocycles. The Hall–Kier alpha value is -2.62. The minimum absolute atomic E-state index is 0.0158. The number of hydrogen-bond donors (Lipinski definition) is 0. The van der Waals surface area contributed by atoms with Crippen LogP contribution in [0.2, 0.25) is 5.02 Å². The molecular weight excluding hydrogens is 417 g/mol. The second-order valence-corrected chi connectivity index (χ2v) is 8.83. The van der Waals surface area contributed by atoms with Gasteiger partial charge < -0.3 is 4.90 Å². The zero-order chi connectivity index (χ0) is 20.4. The molecule has 10 heteroatoms. The van der Waals surface area contributed by atoms with Gasteiger partial charge in [-0.05, 0) is 42.5 Å². The van der Waals surface area contributed by atoms with Crippen molar-refractivity contribution in [3.8, 4) is 11.3 Å². The van der Waals surface area contributed by atoms with E-state index in [2.05, 4.69) is 15.2 Å². The highest BCUT2D eigenvalue weighted by atomic mass is 35.5. The second-order valence-electron chi connectivity index (χ2n) is 6.49. The summed E-state index contributed by atoms with van der Waals surface area (Å²) in [6, 6.07) is 10.9. The Balaban J connectivity index is 1.44. The third-order valence-electron chi connectivity index (χ3n) is 4.70. The first-order valence-electron chi connectivity index (χ1n) is 8.89. The molecule has 1 aliphatic rings. The maximum atomic E-state index is 13.3. The standard InChI is InChI=1S/C19H17ClFN5O2S/c20-16-12-15(3-4-17(16)21)29(27,28)26-10-8-25(9-11-26)19-6-5-18(23-24-19)14-2-1-7-22-13-14/h1-7,12-13H,8-11H2. The van der Waals surface area contributed by atoms with E-state index in [1.807, 2.05) is 29.2 Å². The number of aromatic nitrogens is 3. The van der Waals surface area contributed by atoms with Crippen molar-refractivity contribution >= 4 is 27.4 Å². The van der Waals surface area contributed by atoms with Crippen LogP contribution in [0.25, 0.3) is 11.3 Å². The highest BCUT2D eigenvalue weighted by Crippen LogP contribution is 2.24. The lowest BCUT2D eigenvalue weighted by molar-refractivity contribution is 0.383. The van der Waals surface area contributed by atoms with Gasteiger partial charge in [-0.1, -0.05) is 11.6 Å². The Bertz CT molecular complexity index is 1110. The van der Waals surface area contributed by atoms with Crippen LogP contribution < -0.4 is 4.90 Å². The molecule has 0 unspecified atom stereocenters. The number of benzene rings is 1. The van der Waals surface area contributed by atoms with Gasteiger partial charge in [-0.15, -0.1) is 10.2 Å². The van der Waals surface area contributed by atoms with Crippen LogP contribution >= 0.6 is 11.6 Å². The number of halogens is 2. The fourth-order valence-corrected chi connectivity index (χ4v) is 4.80. The molecular formula is C19H17ClFN5O2S. The van der Waals surface area contributed by atoms with Crippen molar-refractivity contribution in [2.75, 3.05) is 31.1 Å². The van der Waals surface area contributed by atoms with Crippen molar-refractivity contribution in [1.82, 2.24) is 19.5 Å². The molecule has 1 fully saturated rings. The van der Waals surface area contributed by atoms with E-state index in [0.717, 1.165) is 23.4 Å². The van der Waals surface area contributed by atoms with Crippen molar-refractivity contribution in [3.05, 3.63) is 65.7 Å².